The summed E-state index contributed by atoms with van der Waals surface area (Å²) in [5, 5.41) is 3.31. The molecule has 1 aromatic carbocycles. The van der Waals surface area contributed by atoms with Crippen LogP contribution in [0.3, 0.4) is 0 Å². The summed E-state index contributed by atoms with van der Waals surface area (Å²) >= 11 is 0. The largest absolute Gasteiger partial charge is 0.493 e. The van der Waals surface area contributed by atoms with E-state index in [2.05, 4.69) is 12.2 Å². The lowest BCUT2D eigenvalue weighted by Crippen LogP contribution is -2.46. The zero-order valence-electron chi connectivity index (χ0n) is 20.8. The average molecular weight is 449 g/mol. The first-order valence-corrected chi connectivity index (χ1v) is 12.5. The van der Waals surface area contributed by atoms with Crippen molar-refractivity contribution in [3.8, 4) is 17.2 Å². The summed E-state index contributed by atoms with van der Waals surface area (Å²) in [6, 6.07) is 1.83. The number of ether oxygens (including phenoxy) is 3. The van der Waals surface area contributed by atoms with Crippen LogP contribution >= 0.6 is 0 Å². The molecule has 1 heterocycles. The molecule has 1 aromatic rings. The standard InChI is InChI=1S/C26H44N2O4/c1-5-6-7-8-9-10-11-12-13-14-15-21-22(26(29)28-18-16-27-17-19-28)20-23(30-2)25(32-4)24(21)31-3/h20,27H,5-19H2,1-4H3. The molecule has 1 saturated heterocycles. The van der Waals surface area contributed by atoms with Gasteiger partial charge in [0.25, 0.3) is 5.91 Å². The van der Waals surface area contributed by atoms with Crippen LogP contribution in [0.15, 0.2) is 6.07 Å². The number of benzene rings is 1. The number of piperazine rings is 1. The van der Waals surface area contributed by atoms with Crippen LogP contribution in [-0.2, 0) is 6.42 Å². The Kier molecular flexibility index (Phi) is 12.3. The molecule has 0 radical (unpaired) electrons. The van der Waals surface area contributed by atoms with Gasteiger partial charge in [-0.1, -0.05) is 64.7 Å². The number of nitrogens with zero attached hydrogens (tertiary/aromatic N) is 1. The first-order valence-electron chi connectivity index (χ1n) is 12.5. The van der Waals surface area contributed by atoms with Crippen molar-refractivity contribution in [1.29, 1.82) is 0 Å². The lowest BCUT2D eigenvalue weighted by atomic mass is 9.97. The Morgan fingerprint density at radius 2 is 1.41 bits per heavy atom. The third-order valence-corrected chi connectivity index (χ3v) is 6.35. The van der Waals surface area contributed by atoms with Crippen molar-refractivity contribution in [1.82, 2.24) is 10.2 Å². The fourth-order valence-electron chi connectivity index (χ4n) is 4.48. The van der Waals surface area contributed by atoms with E-state index in [9.17, 15) is 4.79 Å². The zero-order chi connectivity index (χ0) is 23.2. The van der Waals surface area contributed by atoms with Crippen LogP contribution < -0.4 is 19.5 Å². The minimum absolute atomic E-state index is 0.0489. The lowest BCUT2D eigenvalue weighted by molar-refractivity contribution is 0.0733. The number of nitrogens with one attached hydrogen (secondary N) is 1. The molecular weight excluding hydrogens is 404 g/mol. The van der Waals surface area contributed by atoms with E-state index >= 15 is 0 Å². The predicted molar refractivity (Wildman–Crippen MR) is 130 cm³/mol. The molecule has 0 atom stereocenters. The van der Waals surface area contributed by atoms with Crippen molar-refractivity contribution < 1.29 is 19.0 Å². The van der Waals surface area contributed by atoms with Gasteiger partial charge >= 0.3 is 0 Å². The number of unbranched alkanes of at least 4 members (excludes halogenated alkanes) is 9. The van der Waals surface area contributed by atoms with E-state index in [1.54, 1.807) is 21.3 Å². The van der Waals surface area contributed by atoms with Crippen molar-refractivity contribution in [2.24, 2.45) is 0 Å². The molecule has 0 bridgehead atoms. The smallest absolute Gasteiger partial charge is 0.254 e. The monoisotopic (exact) mass is 448 g/mol. The molecule has 0 spiro atoms. The molecule has 1 fully saturated rings. The molecule has 6 nitrogen and oxygen atoms in total. The Morgan fingerprint density at radius 1 is 0.844 bits per heavy atom. The van der Waals surface area contributed by atoms with Crippen molar-refractivity contribution in [2.45, 2.75) is 77.6 Å². The molecule has 0 unspecified atom stereocenters. The van der Waals surface area contributed by atoms with Crippen molar-refractivity contribution >= 4 is 5.91 Å². The molecule has 1 aliphatic rings. The van der Waals surface area contributed by atoms with Crippen LogP contribution in [0.25, 0.3) is 0 Å². The van der Waals surface area contributed by atoms with E-state index in [1.165, 1.54) is 51.4 Å². The van der Waals surface area contributed by atoms with Gasteiger partial charge in [0.05, 0.1) is 26.9 Å². The second-order valence-corrected chi connectivity index (χ2v) is 8.65. The van der Waals surface area contributed by atoms with Gasteiger partial charge < -0.3 is 24.4 Å². The third kappa shape index (κ3) is 7.58. The van der Waals surface area contributed by atoms with Gasteiger partial charge in [0, 0.05) is 31.7 Å². The summed E-state index contributed by atoms with van der Waals surface area (Å²) in [6.45, 7) is 5.34. The van der Waals surface area contributed by atoms with E-state index in [1.807, 2.05) is 11.0 Å². The highest BCUT2D eigenvalue weighted by Crippen LogP contribution is 2.43. The van der Waals surface area contributed by atoms with Crippen molar-refractivity contribution in [3.05, 3.63) is 17.2 Å². The van der Waals surface area contributed by atoms with Crippen molar-refractivity contribution in [3.63, 3.8) is 0 Å². The summed E-state index contributed by atoms with van der Waals surface area (Å²) < 4.78 is 16.9. The number of hydrogen-bond acceptors (Lipinski definition) is 5. The predicted octanol–water partition coefficient (Wildman–Crippen LogP) is 5.22. The number of methoxy groups -OCH3 is 3. The maximum Gasteiger partial charge on any atom is 0.254 e. The molecule has 32 heavy (non-hydrogen) atoms. The summed E-state index contributed by atoms with van der Waals surface area (Å²) in [4.78, 5) is 15.3. The maximum absolute atomic E-state index is 13.4. The zero-order valence-corrected chi connectivity index (χ0v) is 20.8. The summed E-state index contributed by atoms with van der Waals surface area (Å²) in [7, 11) is 4.85. The number of amides is 1. The van der Waals surface area contributed by atoms with Gasteiger partial charge in [0.1, 0.15) is 0 Å². The highest BCUT2D eigenvalue weighted by Gasteiger charge is 2.27. The minimum Gasteiger partial charge on any atom is -0.493 e. The van der Waals surface area contributed by atoms with Gasteiger partial charge in [0.15, 0.2) is 11.5 Å². The molecular formula is C26H44N2O4. The van der Waals surface area contributed by atoms with Crippen LogP contribution in [0.5, 0.6) is 17.2 Å². The Labute approximate surface area is 195 Å². The molecule has 6 heteroatoms. The number of carbonyl (C=O) groups is 1. The molecule has 182 valence electrons. The number of hydrogen-bond donors (Lipinski definition) is 1. The second-order valence-electron chi connectivity index (χ2n) is 8.65. The van der Waals surface area contributed by atoms with Gasteiger partial charge in [-0.05, 0) is 18.9 Å². The second kappa shape index (κ2) is 15.0. The van der Waals surface area contributed by atoms with Crippen LogP contribution in [0, 0.1) is 0 Å². The van der Waals surface area contributed by atoms with Crippen LogP contribution in [-0.4, -0.2) is 58.3 Å². The highest BCUT2D eigenvalue weighted by molar-refractivity contribution is 5.97. The van der Waals surface area contributed by atoms with Gasteiger partial charge in [-0.2, -0.15) is 0 Å². The molecule has 1 N–H and O–H groups in total. The maximum atomic E-state index is 13.4. The summed E-state index contributed by atoms with van der Waals surface area (Å²) in [5.41, 5.74) is 1.62. The van der Waals surface area contributed by atoms with Gasteiger partial charge in [-0.25, -0.2) is 0 Å². The van der Waals surface area contributed by atoms with E-state index in [0.29, 0.717) is 35.9 Å². The van der Waals surface area contributed by atoms with Gasteiger partial charge in [-0.3, -0.25) is 4.79 Å². The van der Waals surface area contributed by atoms with E-state index < -0.39 is 0 Å². The Hall–Kier alpha value is -1.95. The normalized spacial score (nSPS) is 13.8. The molecule has 2 rings (SSSR count). The number of rotatable bonds is 15. The molecule has 0 aromatic heterocycles. The number of carbonyl (C=O) groups excluding carboxylic acids is 1. The third-order valence-electron chi connectivity index (χ3n) is 6.35. The fraction of sp³-hybridized carbons (Fsp3) is 0.731. The molecule has 1 amide bonds. The van der Waals surface area contributed by atoms with Gasteiger partial charge in [0.2, 0.25) is 5.75 Å². The van der Waals surface area contributed by atoms with Crippen LogP contribution in [0.1, 0.15) is 87.1 Å². The lowest BCUT2D eigenvalue weighted by Gasteiger charge is -2.29. The van der Waals surface area contributed by atoms with Crippen LogP contribution in [0.4, 0.5) is 0 Å². The van der Waals surface area contributed by atoms with E-state index in [4.69, 9.17) is 14.2 Å². The Morgan fingerprint density at radius 3 is 1.94 bits per heavy atom. The summed E-state index contributed by atoms with van der Waals surface area (Å²) in [6.07, 6.45) is 13.6. The SMILES string of the molecule is CCCCCCCCCCCCc1c(C(=O)N2CCNCC2)cc(OC)c(OC)c1OC. The highest BCUT2D eigenvalue weighted by atomic mass is 16.5. The average Bonchev–Trinajstić information content (AvgIpc) is 2.84. The van der Waals surface area contributed by atoms with E-state index in [-0.39, 0.29) is 5.91 Å². The topological polar surface area (TPSA) is 60.0 Å². The molecule has 0 saturated carbocycles. The Balaban J connectivity index is 2.04. The fourth-order valence-corrected chi connectivity index (χ4v) is 4.48. The Bertz CT molecular complexity index is 687. The first kappa shape index (κ1) is 26.3. The van der Waals surface area contributed by atoms with Gasteiger partial charge in [-0.15, -0.1) is 0 Å². The molecule has 0 aliphatic carbocycles. The minimum atomic E-state index is 0.0489. The molecule has 1 aliphatic heterocycles. The quantitative estimate of drug-likeness (QED) is 0.373. The van der Waals surface area contributed by atoms with Crippen molar-refractivity contribution in [2.75, 3.05) is 47.5 Å². The first-order chi connectivity index (χ1) is 15.7. The van der Waals surface area contributed by atoms with E-state index in [0.717, 1.165) is 37.9 Å². The van der Waals surface area contributed by atoms with Crippen LogP contribution in [0.2, 0.25) is 0 Å². The summed E-state index contributed by atoms with van der Waals surface area (Å²) in [5.74, 6) is 1.78.